The van der Waals surface area contributed by atoms with Gasteiger partial charge in [0.05, 0.1) is 0 Å². The number of nitrogens with zero attached hydrogens (tertiary/aromatic N) is 2. The Labute approximate surface area is 68.7 Å². The molecule has 0 heterocycles. The highest BCUT2D eigenvalue weighted by molar-refractivity contribution is 5.72. The largest absolute Gasteiger partial charge is 0.345 e. The van der Waals surface area contributed by atoms with Crippen molar-refractivity contribution in [3.63, 3.8) is 0 Å². The molecule has 0 saturated heterocycles. The minimum Gasteiger partial charge on any atom is -0.345 e. The maximum absolute atomic E-state index is 10.7. The molecular formula is C7H19N3O. The molecule has 4 heteroatoms. The maximum atomic E-state index is 10.7. The quantitative estimate of drug-likeness (QED) is 0.642. The summed E-state index contributed by atoms with van der Waals surface area (Å²) in [6, 6.07) is 0. The number of carbonyl (C=O) groups excluding carboxylic acids is 1. The van der Waals surface area contributed by atoms with Gasteiger partial charge >= 0.3 is 0 Å². The Morgan fingerprint density at radius 3 is 1.91 bits per heavy atom. The first-order chi connectivity index (χ1) is 4.54. The van der Waals surface area contributed by atoms with Crippen molar-refractivity contribution in [3.8, 4) is 0 Å². The van der Waals surface area contributed by atoms with Gasteiger partial charge in [-0.3, -0.25) is 4.79 Å². The number of hydrogen-bond acceptors (Lipinski definition) is 3. The molecular weight excluding hydrogens is 142 g/mol. The van der Waals surface area contributed by atoms with Crippen LogP contribution in [-0.4, -0.2) is 49.9 Å². The van der Waals surface area contributed by atoms with Gasteiger partial charge in [0.2, 0.25) is 5.91 Å². The second-order valence-electron chi connectivity index (χ2n) is 2.74. The minimum atomic E-state index is 0. The number of rotatable bonds is 3. The highest BCUT2D eigenvalue weighted by Gasteiger charge is 2.00. The van der Waals surface area contributed by atoms with Crippen LogP contribution >= 0.6 is 0 Å². The Hall–Kier alpha value is -0.610. The first kappa shape index (κ1) is 13.0. The average molecular weight is 161 g/mol. The van der Waals surface area contributed by atoms with Crippen LogP contribution in [0.1, 0.15) is 6.92 Å². The molecule has 0 aromatic rings. The van der Waals surface area contributed by atoms with Gasteiger partial charge in [-0.25, -0.2) is 0 Å². The Morgan fingerprint density at radius 2 is 1.64 bits per heavy atom. The molecule has 0 saturated carbocycles. The minimum absolute atomic E-state index is 0. The zero-order chi connectivity index (χ0) is 8.15. The predicted molar refractivity (Wildman–Crippen MR) is 46.9 cm³/mol. The zero-order valence-corrected chi connectivity index (χ0v) is 7.92. The van der Waals surface area contributed by atoms with Crippen molar-refractivity contribution in [3.05, 3.63) is 0 Å². The van der Waals surface area contributed by atoms with Crippen molar-refractivity contribution >= 4 is 5.91 Å². The van der Waals surface area contributed by atoms with Gasteiger partial charge in [0.25, 0.3) is 0 Å². The van der Waals surface area contributed by atoms with E-state index in [2.05, 4.69) is 4.90 Å². The third-order valence-corrected chi connectivity index (χ3v) is 1.42. The molecule has 11 heavy (non-hydrogen) atoms. The average Bonchev–Trinajstić information content (AvgIpc) is 1.82. The van der Waals surface area contributed by atoms with E-state index in [-0.39, 0.29) is 12.1 Å². The van der Waals surface area contributed by atoms with E-state index in [0.29, 0.717) is 0 Å². The Kier molecular flexibility index (Phi) is 7.24. The van der Waals surface area contributed by atoms with Crippen LogP contribution in [0, 0.1) is 0 Å². The third kappa shape index (κ3) is 7.29. The third-order valence-electron chi connectivity index (χ3n) is 1.42. The Bertz CT molecular complexity index is 114. The summed E-state index contributed by atoms with van der Waals surface area (Å²) in [5.74, 6) is 0.127. The predicted octanol–water partition coefficient (Wildman–Crippen LogP) is 0.188. The monoisotopic (exact) mass is 161 g/mol. The number of likely N-dealkylation sites (N-methyl/N-ethyl adjacent to an activating group) is 2. The fourth-order valence-electron chi connectivity index (χ4n) is 0.507. The molecule has 3 N–H and O–H groups in total. The molecule has 0 aliphatic heterocycles. The number of hydrogen-bond donors (Lipinski definition) is 1. The fourth-order valence-corrected chi connectivity index (χ4v) is 0.507. The van der Waals surface area contributed by atoms with Gasteiger partial charge in [-0.15, -0.1) is 0 Å². The molecule has 0 bridgehead atoms. The molecule has 0 aliphatic carbocycles. The van der Waals surface area contributed by atoms with Gasteiger partial charge in [-0.05, 0) is 14.1 Å². The molecule has 68 valence electrons. The van der Waals surface area contributed by atoms with Crippen LogP contribution < -0.4 is 6.15 Å². The van der Waals surface area contributed by atoms with E-state index in [1.165, 1.54) is 0 Å². The first-order valence-electron chi connectivity index (χ1n) is 3.40. The summed E-state index contributed by atoms with van der Waals surface area (Å²) in [5.41, 5.74) is 0. The molecule has 0 aromatic heterocycles. The molecule has 4 nitrogen and oxygen atoms in total. The Balaban J connectivity index is 0. The molecule has 0 spiro atoms. The SMILES string of the molecule is CC(=O)N(C)CCN(C)C.N. The normalized spacial score (nSPS) is 9.18. The Morgan fingerprint density at radius 1 is 1.18 bits per heavy atom. The summed E-state index contributed by atoms with van der Waals surface area (Å²) < 4.78 is 0. The summed E-state index contributed by atoms with van der Waals surface area (Å²) in [6.07, 6.45) is 0. The van der Waals surface area contributed by atoms with Crippen LogP contribution in [0.2, 0.25) is 0 Å². The summed E-state index contributed by atoms with van der Waals surface area (Å²) in [7, 11) is 5.80. The topological polar surface area (TPSA) is 58.6 Å². The van der Waals surface area contributed by atoms with E-state index in [0.717, 1.165) is 13.1 Å². The van der Waals surface area contributed by atoms with E-state index in [4.69, 9.17) is 0 Å². The number of amides is 1. The van der Waals surface area contributed by atoms with Crippen LogP contribution in [0.5, 0.6) is 0 Å². The molecule has 0 unspecified atom stereocenters. The van der Waals surface area contributed by atoms with Crippen LogP contribution in [0.25, 0.3) is 0 Å². The molecule has 1 amide bonds. The molecule has 0 aromatic carbocycles. The second kappa shape index (κ2) is 6.12. The highest BCUT2D eigenvalue weighted by atomic mass is 16.2. The molecule has 0 rings (SSSR count). The summed E-state index contributed by atoms with van der Waals surface area (Å²) >= 11 is 0. The van der Waals surface area contributed by atoms with E-state index in [1.807, 2.05) is 21.1 Å². The lowest BCUT2D eigenvalue weighted by Crippen LogP contribution is -2.31. The van der Waals surface area contributed by atoms with E-state index in [1.54, 1.807) is 11.8 Å². The molecule has 0 fully saturated rings. The van der Waals surface area contributed by atoms with Crippen LogP contribution in [0.15, 0.2) is 0 Å². The number of carbonyl (C=O) groups is 1. The smallest absolute Gasteiger partial charge is 0.219 e. The van der Waals surface area contributed by atoms with Crippen molar-refractivity contribution in [1.29, 1.82) is 0 Å². The molecule has 0 aliphatic rings. The fraction of sp³-hybridized carbons (Fsp3) is 0.857. The zero-order valence-electron chi connectivity index (χ0n) is 7.92. The van der Waals surface area contributed by atoms with Crippen molar-refractivity contribution in [1.82, 2.24) is 16.0 Å². The molecule has 0 radical (unpaired) electrons. The summed E-state index contributed by atoms with van der Waals surface area (Å²) in [6.45, 7) is 3.31. The first-order valence-corrected chi connectivity index (χ1v) is 3.40. The van der Waals surface area contributed by atoms with Gasteiger partial charge in [0, 0.05) is 27.1 Å². The standard InChI is InChI=1S/C7H16N2O.H3N/c1-7(10)9(4)6-5-8(2)3;/h5-6H2,1-4H3;1H3. The van der Waals surface area contributed by atoms with Gasteiger partial charge in [0.15, 0.2) is 0 Å². The summed E-state index contributed by atoms with van der Waals surface area (Å²) in [4.78, 5) is 14.4. The van der Waals surface area contributed by atoms with Gasteiger partial charge < -0.3 is 16.0 Å². The van der Waals surface area contributed by atoms with Crippen molar-refractivity contribution in [2.24, 2.45) is 0 Å². The van der Waals surface area contributed by atoms with Crippen molar-refractivity contribution < 1.29 is 4.79 Å². The van der Waals surface area contributed by atoms with Gasteiger partial charge in [0.1, 0.15) is 0 Å². The lowest BCUT2D eigenvalue weighted by Gasteiger charge is -2.17. The lowest BCUT2D eigenvalue weighted by molar-refractivity contribution is -0.127. The maximum Gasteiger partial charge on any atom is 0.219 e. The van der Waals surface area contributed by atoms with Crippen LogP contribution in [0.3, 0.4) is 0 Å². The summed E-state index contributed by atoms with van der Waals surface area (Å²) in [5, 5.41) is 0. The van der Waals surface area contributed by atoms with E-state index < -0.39 is 0 Å². The second-order valence-corrected chi connectivity index (χ2v) is 2.74. The van der Waals surface area contributed by atoms with Crippen molar-refractivity contribution in [2.45, 2.75) is 6.92 Å². The lowest BCUT2D eigenvalue weighted by atomic mass is 10.5. The van der Waals surface area contributed by atoms with Crippen LogP contribution in [0.4, 0.5) is 0 Å². The van der Waals surface area contributed by atoms with Crippen molar-refractivity contribution in [2.75, 3.05) is 34.2 Å². The van der Waals surface area contributed by atoms with Crippen LogP contribution in [-0.2, 0) is 4.79 Å². The van der Waals surface area contributed by atoms with E-state index in [9.17, 15) is 4.79 Å². The van der Waals surface area contributed by atoms with Gasteiger partial charge in [-0.2, -0.15) is 0 Å². The highest BCUT2D eigenvalue weighted by Crippen LogP contribution is 1.83. The molecule has 0 atom stereocenters. The van der Waals surface area contributed by atoms with E-state index >= 15 is 0 Å². The van der Waals surface area contributed by atoms with Gasteiger partial charge in [-0.1, -0.05) is 0 Å².